The molecule has 0 aromatic heterocycles. The van der Waals surface area contributed by atoms with Crippen LogP contribution in [0, 0.1) is 5.82 Å². The molecule has 0 bridgehead atoms. The van der Waals surface area contributed by atoms with Gasteiger partial charge in [0.25, 0.3) is 0 Å². The Labute approximate surface area is 136 Å². The molecule has 0 saturated heterocycles. The van der Waals surface area contributed by atoms with Gasteiger partial charge >= 0.3 is 0 Å². The molecule has 0 aliphatic rings. The molecule has 0 fully saturated rings. The maximum absolute atomic E-state index is 13.3. The number of aryl methyl sites for hydroxylation is 1. The first-order chi connectivity index (χ1) is 10.9. The Bertz CT molecular complexity index is 758. The van der Waals surface area contributed by atoms with Crippen molar-refractivity contribution >= 4 is 15.5 Å². The Morgan fingerprint density at radius 2 is 1.74 bits per heavy atom. The molecular formula is C17H20FNO3S. The number of ether oxygens (including phenoxy) is 1. The number of nitrogens with one attached hydrogen (secondary N) is 1. The molecule has 124 valence electrons. The zero-order valence-corrected chi connectivity index (χ0v) is 14.0. The first-order valence-electron chi connectivity index (χ1n) is 7.20. The van der Waals surface area contributed by atoms with Crippen molar-refractivity contribution in [3.63, 3.8) is 0 Å². The molecular weight excluding hydrogens is 317 g/mol. The van der Waals surface area contributed by atoms with Crippen LogP contribution in [0.15, 0.2) is 42.5 Å². The average molecular weight is 337 g/mol. The van der Waals surface area contributed by atoms with Gasteiger partial charge in [-0.05, 0) is 41.8 Å². The van der Waals surface area contributed by atoms with E-state index in [1.165, 1.54) is 19.4 Å². The van der Waals surface area contributed by atoms with E-state index in [0.717, 1.165) is 16.8 Å². The van der Waals surface area contributed by atoms with Crippen molar-refractivity contribution in [1.29, 1.82) is 0 Å². The fraction of sp³-hybridized carbons (Fsp3) is 0.294. The van der Waals surface area contributed by atoms with E-state index in [-0.39, 0.29) is 17.3 Å². The summed E-state index contributed by atoms with van der Waals surface area (Å²) in [4.78, 5) is 0. The van der Waals surface area contributed by atoms with Crippen LogP contribution < -0.4 is 10.1 Å². The second-order valence-electron chi connectivity index (χ2n) is 5.40. The van der Waals surface area contributed by atoms with Gasteiger partial charge in [-0.25, -0.2) is 12.8 Å². The lowest BCUT2D eigenvalue weighted by Crippen LogP contribution is -2.06. The number of anilines is 1. The molecule has 23 heavy (non-hydrogen) atoms. The topological polar surface area (TPSA) is 55.4 Å². The third-order valence-electron chi connectivity index (χ3n) is 3.43. The Morgan fingerprint density at radius 1 is 1.09 bits per heavy atom. The number of rotatable bonds is 7. The fourth-order valence-corrected chi connectivity index (χ4v) is 2.72. The van der Waals surface area contributed by atoms with Gasteiger partial charge in [0.15, 0.2) is 11.6 Å². The molecule has 0 radical (unpaired) electrons. The SMILES string of the molecule is COc1cc(CNc2ccc(CCS(C)(=O)=O)cc2)ccc1F. The van der Waals surface area contributed by atoms with Crippen LogP contribution in [0.2, 0.25) is 0 Å². The van der Waals surface area contributed by atoms with Gasteiger partial charge in [0.1, 0.15) is 9.84 Å². The monoisotopic (exact) mass is 337 g/mol. The zero-order chi connectivity index (χ0) is 16.9. The zero-order valence-electron chi connectivity index (χ0n) is 13.2. The summed E-state index contributed by atoms with van der Waals surface area (Å²) in [5, 5.41) is 3.24. The van der Waals surface area contributed by atoms with Crippen molar-refractivity contribution in [1.82, 2.24) is 0 Å². The van der Waals surface area contributed by atoms with Crippen LogP contribution in [0.1, 0.15) is 11.1 Å². The highest BCUT2D eigenvalue weighted by Crippen LogP contribution is 2.19. The number of hydrogen-bond acceptors (Lipinski definition) is 4. The average Bonchev–Trinajstić information content (AvgIpc) is 2.52. The normalized spacial score (nSPS) is 11.3. The summed E-state index contributed by atoms with van der Waals surface area (Å²) in [6.07, 6.45) is 1.74. The largest absolute Gasteiger partial charge is 0.494 e. The summed E-state index contributed by atoms with van der Waals surface area (Å²) in [6, 6.07) is 12.3. The summed E-state index contributed by atoms with van der Waals surface area (Å²) < 4.78 is 40.6. The Hall–Kier alpha value is -2.08. The van der Waals surface area contributed by atoms with Gasteiger partial charge in [0, 0.05) is 18.5 Å². The lowest BCUT2D eigenvalue weighted by atomic mass is 10.1. The summed E-state index contributed by atoms with van der Waals surface area (Å²) in [5.74, 6) is -0.0123. The predicted molar refractivity (Wildman–Crippen MR) is 90.1 cm³/mol. The van der Waals surface area contributed by atoms with E-state index in [2.05, 4.69) is 5.32 Å². The van der Waals surface area contributed by atoms with Crippen LogP contribution in [0.4, 0.5) is 10.1 Å². The van der Waals surface area contributed by atoms with Gasteiger partial charge in [-0.1, -0.05) is 18.2 Å². The molecule has 0 aliphatic carbocycles. The smallest absolute Gasteiger partial charge is 0.165 e. The standard InChI is InChI=1S/C17H20FNO3S/c1-22-17-11-14(5-8-16(17)18)12-19-15-6-3-13(4-7-15)9-10-23(2,20)21/h3-8,11,19H,9-10,12H2,1-2H3. The van der Waals surface area contributed by atoms with Gasteiger partial charge in [0.05, 0.1) is 12.9 Å². The minimum Gasteiger partial charge on any atom is -0.494 e. The van der Waals surface area contributed by atoms with E-state index in [1.807, 2.05) is 24.3 Å². The van der Waals surface area contributed by atoms with Gasteiger partial charge in [0.2, 0.25) is 0 Å². The molecule has 2 aromatic rings. The minimum absolute atomic E-state index is 0.148. The number of methoxy groups -OCH3 is 1. The van der Waals surface area contributed by atoms with Gasteiger partial charge in [-0.15, -0.1) is 0 Å². The number of hydrogen-bond donors (Lipinski definition) is 1. The third-order valence-corrected chi connectivity index (χ3v) is 4.37. The van der Waals surface area contributed by atoms with Crippen molar-refractivity contribution in [2.45, 2.75) is 13.0 Å². The van der Waals surface area contributed by atoms with Crippen LogP contribution in [0.25, 0.3) is 0 Å². The molecule has 0 saturated carbocycles. The summed E-state index contributed by atoms with van der Waals surface area (Å²) in [6.45, 7) is 0.541. The van der Waals surface area contributed by atoms with Crippen molar-refractivity contribution in [2.24, 2.45) is 0 Å². The van der Waals surface area contributed by atoms with Crippen LogP contribution in [-0.4, -0.2) is 27.5 Å². The van der Waals surface area contributed by atoms with Crippen LogP contribution in [-0.2, 0) is 22.8 Å². The molecule has 2 aromatic carbocycles. The van der Waals surface area contributed by atoms with E-state index >= 15 is 0 Å². The van der Waals surface area contributed by atoms with Gasteiger partial charge in [-0.2, -0.15) is 0 Å². The van der Waals surface area contributed by atoms with Gasteiger partial charge in [-0.3, -0.25) is 0 Å². The summed E-state index contributed by atoms with van der Waals surface area (Å²) >= 11 is 0. The second kappa shape index (κ2) is 7.46. The molecule has 2 rings (SSSR count). The van der Waals surface area contributed by atoms with E-state index in [9.17, 15) is 12.8 Å². The Morgan fingerprint density at radius 3 is 2.35 bits per heavy atom. The molecule has 0 unspecified atom stereocenters. The summed E-state index contributed by atoms with van der Waals surface area (Å²) in [7, 11) is -1.51. The lowest BCUT2D eigenvalue weighted by molar-refractivity contribution is 0.386. The van der Waals surface area contributed by atoms with Crippen LogP contribution in [0.5, 0.6) is 5.75 Å². The van der Waals surface area contributed by atoms with Crippen molar-refractivity contribution in [3.8, 4) is 5.75 Å². The first kappa shape index (κ1) is 17.3. The van der Waals surface area contributed by atoms with E-state index in [4.69, 9.17) is 4.74 Å². The lowest BCUT2D eigenvalue weighted by Gasteiger charge is -2.09. The predicted octanol–water partition coefficient (Wildman–Crippen LogP) is 3.03. The third kappa shape index (κ3) is 5.56. The molecule has 0 atom stereocenters. The molecule has 0 spiro atoms. The minimum atomic E-state index is -2.95. The second-order valence-corrected chi connectivity index (χ2v) is 7.66. The molecule has 1 N–H and O–H groups in total. The quantitative estimate of drug-likeness (QED) is 0.844. The van der Waals surface area contributed by atoms with Crippen molar-refractivity contribution in [2.75, 3.05) is 24.4 Å². The number of benzene rings is 2. The number of halogens is 1. The maximum atomic E-state index is 13.3. The van der Waals surface area contributed by atoms with E-state index < -0.39 is 9.84 Å². The molecule has 4 nitrogen and oxygen atoms in total. The summed E-state index contributed by atoms with van der Waals surface area (Å²) in [5.41, 5.74) is 2.80. The van der Waals surface area contributed by atoms with Crippen LogP contribution in [0.3, 0.4) is 0 Å². The molecule has 6 heteroatoms. The Balaban J connectivity index is 1.93. The van der Waals surface area contributed by atoms with Crippen molar-refractivity contribution in [3.05, 3.63) is 59.4 Å². The first-order valence-corrected chi connectivity index (χ1v) is 9.26. The highest BCUT2D eigenvalue weighted by Gasteiger charge is 2.05. The molecule has 0 heterocycles. The Kier molecular flexibility index (Phi) is 5.60. The highest BCUT2D eigenvalue weighted by atomic mass is 32.2. The van der Waals surface area contributed by atoms with Crippen LogP contribution >= 0.6 is 0 Å². The van der Waals surface area contributed by atoms with Gasteiger partial charge < -0.3 is 10.1 Å². The molecule has 0 amide bonds. The van der Waals surface area contributed by atoms with E-state index in [1.54, 1.807) is 12.1 Å². The number of sulfone groups is 1. The maximum Gasteiger partial charge on any atom is 0.165 e. The van der Waals surface area contributed by atoms with Crippen molar-refractivity contribution < 1.29 is 17.5 Å². The van der Waals surface area contributed by atoms with E-state index in [0.29, 0.717) is 13.0 Å². The molecule has 0 aliphatic heterocycles. The highest BCUT2D eigenvalue weighted by molar-refractivity contribution is 7.90. The fourth-order valence-electron chi connectivity index (χ4n) is 2.11.